The molecule has 0 unspecified atom stereocenters. The fourth-order valence-electron chi connectivity index (χ4n) is 2.67. The molecule has 1 aromatic carbocycles. The van der Waals surface area contributed by atoms with Crippen LogP contribution in [0.5, 0.6) is 0 Å². The molecule has 2 aromatic rings. The molecule has 21 heavy (non-hydrogen) atoms. The number of aromatic amines is 1. The molecule has 3 heteroatoms. The van der Waals surface area contributed by atoms with Crippen LogP contribution in [-0.2, 0) is 6.42 Å². The standard InChI is InChI=1S/C18H27N3/c1-13-10-15(3)16(11-14(13)2)17-12-20-18(21-17)8-6-4-5-7-9-19/h10-12H,4-9,19H2,1-3H3,(H,20,21). The first-order chi connectivity index (χ1) is 10.1. The van der Waals surface area contributed by atoms with Crippen molar-refractivity contribution < 1.29 is 0 Å². The summed E-state index contributed by atoms with van der Waals surface area (Å²) in [6, 6.07) is 4.50. The molecule has 0 aliphatic rings. The van der Waals surface area contributed by atoms with Crippen LogP contribution in [-0.4, -0.2) is 16.5 Å². The van der Waals surface area contributed by atoms with Gasteiger partial charge in [-0.1, -0.05) is 18.9 Å². The van der Waals surface area contributed by atoms with E-state index in [0.717, 1.165) is 30.9 Å². The van der Waals surface area contributed by atoms with Gasteiger partial charge >= 0.3 is 0 Å². The van der Waals surface area contributed by atoms with Gasteiger partial charge in [0.2, 0.25) is 0 Å². The van der Waals surface area contributed by atoms with Crippen molar-refractivity contribution in [1.29, 1.82) is 0 Å². The highest BCUT2D eigenvalue weighted by atomic mass is 14.9. The molecule has 0 saturated carbocycles. The summed E-state index contributed by atoms with van der Waals surface area (Å²) >= 11 is 0. The molecule has 0 aliphatic heterocycles. The molecule has 114 valence electrons. The number of hydrogen-bond donors (Lipinski definition) is 2. The van der Waals surface area contributed by atoms with Crippen molar-refractivity contribution in [3.05, 3.63) is 40.8 Å². The summed E-state index contributed by atoms with van der Waals surface area (Å²) in [7, 11) is 0. The first-order valence-corrected chi connectivity index (χ1v) is 7.94. The smallest absolute Gasteiger partial charge is 0.106 e. The number of nitrogens with two attached hydrogens (primary N) is 1. The summed E-state index contributed by atoms with van der Waals surface area (Å²) in [4.78, 5) is 8.00. The van der Waals surface area contributed by atoms with Crippen molar-refractivity contribution in [2.75, 3.05) is 6.54 Å². The molecule has 0 fully saturated rings. The van der Waals surface area contributed by atoms with Gasteiger partial charge in [-0.05, 0) is 62.9 Å². The fourth-order valence-corrected chi connectivity index (χ4v) is 2.67. The maximum atomic E-state index is 5.51. The third kappa shape index (κ3) is 4.18. The van der Waals surface area contributed by atoms with E-state index >= 15 is 0 Å². The molecule has 0 saturated heterocycles. The summed E-state index contributed by atoms with van der Waals surface area (Å²) < 4.78 is 0. The zero-order valence-electron chi connectivity index (χ0n) is 13.5. The van der Waals surface area contributed by atoms with Gasteiger partial charge in [0.25, 0.3) is 0 Å². The van der Waals surface area contributed by atoms with Gasteiger partial charge in [-0.25, -0.2) is 4.98 Å². The van der Waals surface area contributed by atoms with E-state index in [9.17, 15) is 0 Å². The molecule has 0 atom stereocenters. The van der Waals surface area contributed by atoms with E-state index in [0.29, 0.717) is 0 Å². The van der Waals surface area contributed by atoms with Crippen LogP contribution in [0.25, 0.3) is 11.3 Å². The number of H-pyrrole nitrogens is 1. The first-order valence-electron chi connectivity index (χ1n) is 7.94. The monoisotopic (exact) mass is 285 g/mol. The zero-order valence-corrected chi connectivity index (χ0v) is 13.5. The van der Waals surface area contributed by atoms with Crippen molar-refractivity contribution in [2.24, 2.45) is 5.73 Å². The Bertz CT molecular complexity index is 584. The molecule has 0 bridgehead atoms. The van der Waals surface area contributed by atoms with Crippen LogP contribution in [0.3, 0.4) is 0 Å². The van der Waals surface area contributed by atoms with Crippen LogP contribution in [0.1, 0.15) is 48.2 Å². The predicted octanol–water partition coefficient (Wildman–Crippen LogP) is 4.06. The summed E-state index contributed by atoms with van der Waals surface area (Å²) in [5, 5.41) is 0. The number of aryl methyl sites for hydroxylation is 4. The summed E-state index contributed by atoms with van der Waals surface area (Å²) in [5.41, 5.74) is 11.9. The second-order valence-electron chi connectivity index (χ2n) is 5.95. The van der Waals surface area contributed by atoms with Gasteiger partial charge in [0.15, 0.2) is 0 Å². The topological polar surface area (TPSA) is 54.7 Å². The molecule has 2 rings (SSSR count). The summed E-state index contributed by atoms with van der Waals surface area (Å²) in [6.45, 7) is 7.28. The lowest BCUT2D eigenvalue weighted by molar-refractivity contribution is 0.638. The number of aromatic nitrogens is 2. The van der Waals surface area contributed by atoms with Crippen molar-refractivity contribution in [2.45, 2.75) is 52.9 Å². The van der Waals surface area contributed by atoms with Crippen LogP contribution in [0, 0.1) is 20.8 Å². The lowest BCUT2D eigenvalue weighted by atomic mass is 9.99. The highest BCUT2D eigenvalue weighted by Gasteiger charge is 2.08. The molecule has 0 radical (unpaired) electrons. The van der Waals surface area contributed by atoms with Gasteiger partial charge in [0, 0.05) is 12.0 Å². The third-order valence-electron chi connectivity index (χ3n) is 4.13. The Morgan fingerprint density at radius 3 is 2.43 bits per heavy atom. The Kier molecular flexibility index (Phi) is 5.57. The van der Waals surface area contributed by atoms with Crippen molar-refractivity contribution in [1.82, 2.24) is 9.97 Å². The Balaban J connectivity index is 2.01. The molecular formula is C18H27N3. The van der Waals surface area contributed by atoms with Crippen LogP contribution < -0.4 is 5.73 Å². The van der Waals surface area contributed by atoms with E-state index in [4.69, 9.17) is 5.73 Å². The first kappa shape index (κ1) is 15.8. The van der Waals surface area contributed by atoms with Gasteiger partial charge in [0.05, 0.1) is 11.9 Å². The normalized spacial score (nSPS) is 11.0. The van der Waals surface area contributed by atoms with E-state index in [1.165, 1.54) is 41.5 Å². The van der Waals surface area contributed by atoms with E-state index < -0.39 is 0 Å². The highest BCUT2D eigenvalue weighted by molar-refractivity contribution is 5.65. The fraction of sp³-hybridized carbons (Fsp3) is 0.500. The largest absolute Gasteiger partial charge is 0.342 e. The predicted molar refractivity (Wildman–Crippen MR) is 89.5 cm³/mol. The molecule has 0 amide bonds. The van der Waals surface area contributed by atoms with Crippen LogP contribution in [0.4, 0.5) is 0 Å². The van der Waals surface area contributed by atoms with E-state index in [1.54, 1.807) is 0 Å². The Labute approximate surface area is 128 Å². The van der Waals surface area contributed by atoms with Crippen molar-refractivity contribution in [3.63, 3.8) is 0 Å². The molecule has 3 N–H and O–H groups in total. The maximum Gasteiger partial charge on any atom is 0.106 e. The number of imidazole rings is 1. The number of rotatable bonds is 7. The second kappa shape index (κ2) is 7.41. The molecule has 3 nitrogen and oxygen atoms in total. The van der Waals surface area contributed by atoms with Gasteiger partial charge in [-0.2, -0.15) is 0 Å². The average molecular weight is 285 g/mol. The van der Waals surface area contributed by atoms with Gasteiger partial charge < -0.3 is 10.7 Å². The number of benzene rings is 1. The summed E-state index contributed by atoms with van der Waals surface area (Å²) in [5.74, 6) is 1.09. The minimum atomic E-state index is 0.803. The quantitative estimate of drug-likeness (QED) is 0.754. The molecule has 1 heterocycles. The highest BCUT2D eigenvalue weighted by Crippen LogP contribution is 2.25. The molecule has 0 aliphatic carbocycles. The minimum absolute atomic E-state index is 0.803. The number of hydrogen-bond acceptors (Lipinski definition) is 2. The Hall–Kier alpha value is -1.61. The van der Waals surface area contributed by atoms with Crippen LogP contribution in [0.15, 0.2) is 18.3 Å². The van der Waals surface area contributed by atoms with E-state index in [2.05, 4.69) is 42.9 Å². The van der Waals surface area contributed by atoms with Crippen molar-refractivity contribution >= 4 is 0 Å². The SMILES string of the molecule is Cc1cc(C)c(-c2cnc(CCCCCCN)[nH]2)cc1C. The number of unbranched alkanes of at least 4 members (excludes halogenated alkanes) is 3. The lowest BCUT2D eigenvalue weighted by Crippen LogP contribution is -1.98. The van der Waals surface area contributed by atoms with Crippen LogP contribution in [0.2, 0.25) is 0 Å². The number of nitrogens with zero attached hydrogens (tertiary/aromatic N) is 1. The van der Waals surface area contributed by atoms with Gasteiger partial charge in [-0.15, -0.1) is 0 Å². The van der Waals surface area contributed by atoms with Crippen molar-refractivity contribution in [3.8, 4) is 11.3 Å². The van der Waals surface area contributed by atoms with E-state index in [1.807, 2.05) is 6.20 Å². The molecule has 1 aromatic heterocycles. The van der Waals surface area contributed by atoms with E-state index in [-0.39, 0.29) is 0 Å². The maximum absolute atomic E-state index is 5.51. The van der Waals surface area contributed by atoms with Crippen LogP contribution >= 0.6 is 0 Å². The minimum Gasteiger partial charge on any atom is -0.342 e. The third-order valence-corrected chi connectivity index (χ3v) is 4.13. The van der Waals surface area contributed by atoms with Gasteiger partial charge in [-0.3, -0.25) is 0 Å². The Morgan fingerprint density at radius 1 is 0.952 bits per heavy atom. The summed E-state index contributed by atoms with van der Waals surface area (Å²) in [6.07, 6.45) is 7.75. The zero-order chi connectivity index (χ0) is 15.2. The lowest BCUT2D eigenvalue weighted by Gasteiger charge is -2.08. The van der Waals surface area contributed by atoms with Gasteiger partial charge in [0.1, 0.15) is 5.82 Å². The Morgan fingerprint density at radius 2 is 1.67 bits per heavy atom. The number of nitrogens with one attached hydrogen (secondary N) is 1. The molecular weight excluding hydrogens is 258 g/mol. The second-order valence-corrected chi connectivity index (χ2v) is 5.95. The molecule has 0 spiro atoms. The average Bonchev–Trinajstić information content (AvgIpc) is 2.91.